The molecule has 0 aliphatic heterocycles. The van der Waals surface area contributed by atoms with Crippen LogP contribution in [0.2, 0.25) is 5.02 Å². The van der Waals surface area contributed by atoms with Gasteiger partial charge in [0.2, 0.25) is 0 Å². The lowest BCUT2D eigenvalue weighted by Crippen LogP contribution is -2.15. The van der Waals surface area contributed by atoms with E-state index in [0.717, 1.165) is 0 Å². The summed E-state index contributed by atoms with van der Waals surface area (Å²) in [5.74, 6) is -0.232. The van der Waals surface area contributed by atoms with Crippen LogP contribution in [-0.2, 0) is 4.74 Å². The van der Waals surface area contributed by atoms with Crippen LogP contribution in [0.3, 0.4) is 0 Å². The molecule has 1 amide bonds. The molecule has 0 atom stereocenters. The van der Waals surface area contributed by atoms with Gasteiger partial charge in [-0.25, -0.2) is 0 Å². The number of hydrogen-bond acceptors (Lipinski definition) is 5. The summed E-state index contributed by atoms with van der Waals surface area (Å²) in [7, 11) is 1.54. The Kier molecular flexibility index (Phi) is 6.11. The number of carbonyl (C=O) groups excluding carboxylic acids is 1. The highest BCUT2D eigenvalue weighted by Crippen LogP contribution is 2.29. The molecule has 0 unspecified atom stereocenters. The number of methoxy groups -OCH3 is 1. The highest BCUT2D eigenvalue weighted by Gasteiger charge is 2.20. The van der Waals surface area contributed by atoms with Gasteiger partial charge in [0, 0.05) is 18.2 Å². The Labute approximate surface area is 143 Å². The summed E-state index contributed by atoms with van der Waals surface area (Å²) in [4.78, 5) is 22.8. The summed E-state index contributed by atoms with van der Waals surface area (Å²) in [6.07, 6.45) is 0. The summed E-state index contributed by atoms with van der Waals surface area (Å²) in [5, 5.41) is 14.0. The molecule has 0 fully saturated rings. The Bertz CT molecular complexity index is 751. The molecule has 0 saturated heterocycles. The molecule has 126 valence electrons. The topological polar surface area (TPSA) is 90.7 Å². The molecule has 8 heteroatoms. The Morgan fingerprint density at radius 3 is 2.71 bits per heavy atom. The van der Waals surface area contributed by atoms with E-state index in [2.05, 4.69) is 5.32 Å². The number of nitrogens with zero attached hydrogens (tertiary/aromatic N) is 1. The minimum atomic E-state index is -0.624. The average molecular weight is 351 g/mol. The number of benzene rings is 2. The van der Waals surface area contributed by atoms with Crippen molar-refractivity contribution in [3.8, 4) is 5.75 Å². The number of hydrogen-bond donors (Lipinski definition) is 1. The quantitative estimate of drug-likeness (QED) is 0.468. The van der Waals surface area contributed by atoms with Crippen molar-refractivity contribution in [3.05, 3.63) is 63.2 Å². The second-order valence-corrected chi connectivity index (χ2v) is 5.15. The van der Waals surface area contributed by atoms with Crippen LogP contribution in [0.15, 0.2) is 42.5 Å². The summed E-state index contributed by atoms with van der Waals surface area (Å²) in [6.45, 7) is 0.659. The molecular formula is C16H15ClN2O5. The van der Waals surface area contributed by atoms with Crippen LogP contribution in [0, 0.1) is 10.1 Å². The second kappa shape index (κ2) is 8.28. The lowest BCUT2D eigenvalue weighted by molar-refractivity contribution is -0.385. The number of ether oxygens (including phenoxy) is 2. The van der Waals surface area contributed by atoms with Crippen molar-refractivity contribution in [1.82, 2.24) is 0 Å². The molecule has 0 aromatic heterocycles. The molecule has 0 heterocycles. The van der Waals surface area contributed by atoms with Crippen LogP contribution in [0.4, 0.5) is 11.4 Å². The average Bonchev–Trinajstić information content (AvgIpc) is 2.57. The predicted octanol–water partition coefficient (Wildman–Crippen LogP) is 3.53. The zero-order chi connectivity index (χ0) is 17.5. The number of nitro groups is 1. The van der Waals surface area contributed by atoms with Gasteiger partial charge in [-0.15, -0.1) is 0 Å². The molecule has 0 spiro atoms. The maximum absolute atomic E-state index is 12.4. The molecule has 0 aliphatic rings. The first-order valence-electron chi connectivity index (χ1n) is 6.99. The van der Waals surface area contributed by atoms with Gasteiger partial charge >= 0.3 is 0 Å². The number of amides is 1. The van der Waals surface area contributed by atoms with Crippen molar-refractivity contribution < 1.29 is 19.2 Å². The zero-order valence-electron chi connectivity index (χ0n) is 12.8. The van der Waals surface area contributed by atoms with Gasteiger partial charge in [0.1, 0.15) is 17.9 Å². The Morgan fingerprint density at radius 1 is 1.25 bits per heavy atom. The van der Waals surface area contributed by atoms with E-state index in [4.69, 9.17) is 21.1 Å². The molecular weight excluding hydrogens is 336 g/mol. The Morgan fingerprint density at radius 2 is 2.00 bits per heavy atom. The molecule has 0 radical (unpaired) electrons. The summed E-state index contributed by atoms with van der Waals surface area (Å²) < 4.78 is 10.4. The predicted molar refractivity (Wildman–Crippen MR) is 89.9 cm³/mol. The van der Waals surface area contributed by atoms with Gasteiger partial charge in [0.25, 0.3) is 11.6 Å². The highest BCUT2D eigenvalue weighted by molar-refractivity contribution is 6.31. The summed E-state index contributed by atoms with van der Waals surface area (Å²) >= 11 is 5.95. The van der Waals surface area contributed by atoms with Crippen LogP contribution >= 0.6 is 11.6 Å². The highest BCUT2D eigenvalue weighted by atomic mass is 35.5. The monoisotopic (exact) mass is 350 g/mol. The fourth-order valence-corrected chi connectivity index (χ4v) is 2.15. The third kappa shape index (κ3) is 4.43. The maximum atomic E-state index is 12.4. The smallest absolute Gasteiger partial charge is 0.282 e. The van der Waals surface area contributed by atoms with Crippen LogP contribution in [0.1, 0.15) is 10.4 Å². The van der Waals surface area contributed by atoms with E-state index in [-0.39, 0.29) is 17.9 Å². The maximum Gasteiger partial charge on any atom is 0.282 e. The molecule has 2 aromatic rings. The van der Waals surface area contributed by atoms with Gasteiger partial charge in [0.15, 0.2) is 0 Å². The molecule has 2 aromatic carbocycles. The van der Waals surface area contributed by atoms with Crippen molar-refractivity contribution in [1.29, 1.82) is 0 Å². The minimum Gasteiger partial charge on any atom is -0.489 e. The number of halogens is 1. The molecule has 0 aliphatic carbocycles. The summed E-state index contributed by atoms with van der Waals surface area (Å²) in [5.41, 5.74) is -0.00838. The molecule has 7 nitrogen and oxygen atoms in total. The van der Waals surface area contributed by atoms with E-state index in [1.807, 2.05) is 0 Å². The third-order valence-corrected chi connectivity index (χ3v) is 3.32. The fourth-order valence-electron chi connectivity index (χ4n) is 1.98. The molecule has 0 saturated carbocycles. The van der Waals surface area contributed by atoms with E-state index in [1.165, 1.54) is 24.3 Å². The largest absolute Gasteiger partial charge is 0.489 e. The van der Waals surface area contributed by atoms with E-state index < -0.39 is 10.8 Å². The number of para-hydroxylation sites is 1. The van der Waals surface area contributed by atoms with Crippen LogP contribution in [0.25, 0.3) is 0 Å². The lowest BCUT2D eigenvalue weighted by atomic mass is 10.1. The van der Waals surface area contributed by atoms with Crippen LogP contribution in [-0.4, -0.2) is 31.2 Å². The van der Waals surface area contributed by atoms with E-state index in [9.17, 15) is 14.9 Å². The Hall–Kier alpha value is -2.64. The van der Waals surface area contributed by atoms with Gasteiger partial charge in [-0.1, -0.05) is 23.7 Å². The number of rotatable bonds is 7. The fraction of sp³-hybridized carbons (Fsp3) is 0.188. The Balaban J connectivity index is 2.25. The van der Waals surface area contributed by atoms with Gasteiger partial charge in [-0.3, -0.25) is 14.9 Å². The molecule has 2 rings (SSSR count). The lowest BCUT2D eigenvalue weighted by Gasteiger charge is -2.13. The molecule has 1 N–H and O–H groups in total. The van der Waals surface area contributed by atoms with Crippen molar-refractivity contribution >= 4 is 28.9 Å². The zero-order valence-corrected chi connectivity index (χ0v) is 13.6. The van der Waals surface area contributed by atoms with E-state index >= 15 is 0 Å². The summed E-state index contributed by atoms with van der Waals surface area (Å²) in [6, 6.07) is 10.4. The molecule has 24 heavy (non-hydrogen) atoms. The van der Waals surface area contributed by atoms with Gasteiger partial charge in [-0.2, -0.15) is 0 Å². The third-order valence-electron chi connectivity index (χ3n) is 3.08. The molecule has 0 bridgehead atoms. The van der Waals surface area contributed by atoms with Crippen molar-refractivity contribution in [3.63, 3.8) is 0 Å². The van der Waals surface area contributed by atoms with E-state index in [0.29, 0.717) is 23.1 Å². The van der Waals surface area contributed by atoms with Crippen molar-refractivity contribution in [2.45, 2.75) is 0 Å². The van der Waals surface area contributed by atoms with Gasteiger partial charge < -0.3 is 14.8 Å². The standard InChI is InChI=1S/C16H15ClN2O5/c1-23-8-9-24-15-7-6-11(17)10-13(15)18-16(20)12-4-2-3-5-14(12)19(21)22/h2-7,10H,8-9H2,1H3,(H,18,20). The number of nitro benzene ring substituents is 1. The first-order valence-corrected chi connectivity index (χ1v) is 7.36. The number of anilines is 1. The van der Waals surface area contributed by atoms with Crippen LogP contribution < -0.4 is 10.1 Å². The van der Waals surface area contributed by atoms with Crippen molar-refractivity contribution in [2.24, 2.45) is 0 Å². The minimum absolute atomic E-state index is 0.0506. The SMILES string of the molecule is COCCOc1ccc(Cl)cc1NC(=O)c1ccccc1[N+](=O)[O-]. The van der Waals surface area contributed by atoms with Gasteiger partial charge in [-0.05, 0) is 24.3 Å². The number of carbonyl (C=O) groups is 1. The van der Waals surface area contributed by atoms with Crippen LogP contribution in [0.5, 0.6) is 5.75 Å². The van der Waals surface area contributed by atoms with Crippen molar-refractivity contribution in [2.75, 3.05) is 25.6 Å². The second-order valence-electron chi connectivity index (χ2n) is 4.71. The van der Waals surface area contributed by atoms with E-state index in [1.54, 1.807) is 25.3 Å². The normalized spacial score (nSPS) is 10.2. The number of nitrogens with one attached hydrogen (secondary N) is 1. The first-order chi connectivity index (χ1) is 11.5. The van der Waals surface area contributed by atoms with Gasteiger partial charge in [0.05, 0.1) is 17.2 Å². The first kappa shape index (κ1) is 17.7.